The van der Waals surface area contributed by atoms with Crippen LogP contribution in [0.3, 0.4) is 0 Å². The molecule has 18 heavy (non-hydrogen) atoms. The molecule has 3 unspecified atom stereocenters. The van der Waals surface area contributed by atoms with Gasteiger partial charge < -0.3 is 15.0 Å². The highest BCUT2D eigenvalue weighted by Crippen LogP contribution is 2.19. The van der Waals surface area contributed by atoms with Gasteiger partial charge in [-0.25, -0.2) is 0 Å². The Kier molecular flexibility index (Phi) is 5.42. The number of hydrogen-bond donors (Lipinski definition) is 1. The van der Waals surface area contributed by atoms with Gasteiger partial charge in [0.15, 0.2) is 0 Å². The van der Waals surface area contributed by atoms with E-state index in [1.165, 1.54) is 39.0 Å². The summed E-state index contributed by atoms with van der Waals surface area (Å²) >= 11 is 0. The first-order valence-electron chi connectivity index (χ1n) is 7.42. The summed E-state index contributed by atoms with van der Waals surface area (Å²) in [6, 6.07) is 1.26. The Morgan fingerprint density at radius 2 is 2.11 bits per heavy atom. The molecule has 2 aliphatic rings. The van der Waals surface area contributed by atoms with E-state index in [-0.39, 0.29) is 0 Å². The fraction of sp³-hybridized carbons (Fsp3) is 1.00. The molecule has 0 aromatic heterocycles. The third-order valence-corrected chi connectivity index (χ3v) is 4.53. The predicted molar refractivity (Wildman–Crippen MR) is 74.9 cm³/mol. The molecule has 4 nitrogen and oxygen atoms in total. The molecule has 2 fully saturated rings. The lowest BCUT2D eigenvalue weighted by atomic mass is 10.0. The van der Waals surface area contributed by atoms with Crippen LogP contribution in [0.25, 0.3) is 0 Å². The van der Waals surface area contributed by atoms with Crippen molar-refractivity contribution >= 4 is 0 Å². The highest BCUT2D eigenvalue weighted by atomic mass is 16.5. The molecule has 2 aliphatic heterocycles. The lowest BCUT2D eigenvalue weighted by Crippen LogP contribution is -2.46. The fourth-order valence-corrected chi connectivity index (χ4v) is 3.32. The fourth-order valence-electron chi connectivity index (χ4n) is 3.32. The van der Waals surface area contributed by atoms with Crippen molar-refractivity contribution in [3.8, 4) is 0 Å². The third-order valence-electron chi connectivity index (χ3n) is 4.53. The zero-order chi connectivity index (χ0) is 13.0. The summed E-state index contributed by atoms with van der Waals surface area (Å²) in [5, 5.41) is 3.40. The second-order valence-corrected chi connectivity index (χ2v) is 5.87. The van der Waals surface area contributed by atoms with Gasteiger partial charge in [0.05, 0.1) is 13.2 Å². The van der Waals surface area contributed by atoms with E-state index in [4.69, 9.17) is 4.74 Å². The Balaban J connectivity index is 1.93. The molecule has 0 amide bonds. The molecule has 0 aromatic carbocycles. The number of likely N-dealkylation sites (N-methyl/N-ethyl adjacent to an activating group) is 2. The van der Waals surface area contributed by atoms with Crippen LogP contribution in [0.1, 0.15) is 19.8 Å². The maximum Gasteiger partial charge on any atom is 0.0623 e. The van der Waals surface area contributed by atoms with E-state index in [0.29, 0.717) is 12.0 Å². The number of ether oxygens (including phenoxy) is 1. The van der Waals surface area contributed by atoms with Crippen LogP contribution in [0.5, 0.6) is 0 Å². The van der Waals surface area contributed by atoms with E-state index < -0.39 is 0 Å². The first kappa shape index (κ1) is 14.3. The van der Waals surface area contributed by atoms with Crippen LogP contribution in [0, 0.1) is 5.92 Å². The highest BCUT2D eigenvalue weighted by molar-refractivity contribution is 4.86. The lowest BCUT2D eigenvalue weighted by molar-refractivity contribution is 0.137. The van der Waals surface area contributed by atoms with Gasteiger partial charge in [0, 0.05) is 31.1 Å². The molecule has 2 saturated heterocycles. The Labute approximate surface area is 112 Å². The zero-order valence-corrected chi connectivity index (χ0v) is 12.2. The van der Waals surface area contributed by atoms with Crippen LogP contribution in [-0.4, -0.2) is 75.4 Å². The summed E-state index contributed by atoms with van der Waals surface area (Å²) in [5.74, 6) is 0.660. The van der Waals surface area contributed by atoms with Gasteiger partial charge in [-0.05, 0) is 40.0 Å². The van der Waals surface area contributed by atoms with E-state index in [1.807, 2.05) is 0 Å². The minimum Gasteiger partial charge on any atom is -0.379 e. The van der Waals surface area contributed by atoms with Crippen LogP contribution in [0.15, 0.2) is 0 Å². The molecule has 3 atom stereocenters. The van der Waals surface area contributed by atoms with Gasteiger partial charge >= 0.3 is 0 Å². The largest absolute Gasteiger partial charge is 0.379 e. The van der Waals surface area contributed by atoms with Crippen LogP contribution in [0.4, 0.5) is 0 Å². The summed E-state index contributed by atoms with van der Waals surface area (Å²) in [6.45, 7) is 9.02. The monoisotopic (exact) mass is 255 g/mol. The van der Waals surface area contributed by atoms with Crippen molar-refractivity contribution in [2.75, 3.05) is 53.5 Å². The molecule has 0 aliphatic carbocycles. The van der Waals surface area contributed by atoms with Crippen LogP contribution in [-0.2, 0) is 4.74 Å². The molecule has 0 bridgehead atoms. The third kappa shape index (κ3) is 3.44. The van der Waals surface area contributed by atoms with Crippen molar-refractivity contribution in [1.82, 2.24) is 15.1 Å². The van der Waals surface area contributed by atoms with Gasteiger partial charge in [0.1, 0.15) is 0 Å². The molecule has 4 heteroatoms. The Morgan fingerprint density at radius 1 is 1.28 bits per heavy atom. The van der Waals surface area contributed by atoms with Crippen molar-refractivity contribution in [2.45, 2.75) is 31.8 Å². The van der Waals surface area contributed by atoms with Crippen molar-refractivity contribution in [1.29, 1.82) is 0 Å². The molecule has 106 valence electrons. The topological polar surface area (TPSA) is 27.7 Å². The Bertz CT molecular complexity index is 249. The lowest BCUT2D eigenvalue weighted by Gasteiger charge is -2.33. The van der Waals surface area contributed by atoms with E-state index in [2.05, 4.69) is 36.1 Å². The molecule has 2 heterocycles. The van der Waals surface area contributed by atoms with Gasteiger partial charge in [0.2, 0.25) is 0 Å². The summed E-state index contributed by atoms with van der Waals surface area (Å²) in [7, 11) is 4.31. The maximum atomic E-state index is 5.62. The molecule has 0 aromatic rings. The molecule has 0 saturated carbocycles. The number of nitrogens with one attached hydrogen (secondary N) is 1. The van der Waals surface area contributed by atoms with Gasteiger partial charge in [-0.3, -0.25) is 4.90 Å². The van der Waals surface area contributed by atoms with Crippen LogP contribution in [0.2, 0.25) is 0 Å². The van der Waals surface area contributed by atoms with E-state index >= 15 is 0 Å². The van der Waals surface area contributed by atoms with E-state index in [9.17, 15) is 0 Å². The Morgan fingerprint density at radius 3 is 2.83 bits per heavy atom. The second-order valence-electron chi connectivity index (χ2n) is 5.87. The summed E-state index contributed by atoms with van der Waals surface area (Å²) in [4.78, 5) is 5.18. The molecular weight excluding hydrogens is 226 g/mol. The van der Waals surface area contributed by atoms with E-state index in [1.54, 1.807) is 0 Å². The van der Waals surface area contributed by atoms with Crippen molar-refractivity contribution < 1.29 is 4.74 Å². The maximum absolute atomic E-state index is 5.62. The van der Waals surface area contributed by atoms with Crippen molar-refractivity contribution in [3.05, 3.63) is 0 Å². The van der Waals surface area contributed by atoms with Crippen LogP contribution >= 0.6 is 0 Å². The smallest absolute Gasteiger partial charge is 0.0623 e. The second kappa shape index (κ2) is 6.85. The minimum atomic E-state index is 0.545. The van der Waals surface area contributed by atoms with Crippen LogP contribution < -0.4 is 5.32 Å². The molecule has 2 rings (SSSR count). The standard InChI is InChI=1S/C14H29N3O/c1-4-13-9-16(3)6-5-7-17(13)8-12-10-18-11-14(12)15-2/h12-15H,4-11H2,1-3H3. The predicted octanol–water partition coefficient (Wildman–Crippen LogP) is 0.637. The zero-order valence-electron chi connectivity index (χ0n) is 12.2. The summed E-state index contributed by atoms with van der Waals surface area (Å²) < 4.78 is 5.62. The number of rotatable bonds is 4. The minimum absolute atomic E-state index is 0.545. The molecular formula is C14H29N3O. The first-order chi connectivity index (χ1) is 8.74. The van der Waals surface area contributed by atoms with Crippen molar-refractivity contribution in [2.24, 2.45) is 5.92 Å². The quantitative estimate of drug-likeness (QED) is 0.798. The summed E-state index contributed by atoms with van der Waals surface area (Å²) in [5.41, 5.74) is 0. The normalized spacial score (nSPS) is 35.8. The first-order valence-corrected chi connectivity index (χ1v) is 7.42. The average molecular weight is 255 g/mol. The number of hydrogen-bond acceptors (Lipinski definition) is 4. The number of nitrogens with zero attached hydrogens (tertiary/aromatic N) is 2. The SMILES string of the molecule is CCC1CN(C)CCCN1CC1COCC1NC. The van der Waals surface area contributed by atoms with Gasteiger partial charge in [-0.1, -0.05) is 6.92 Å². The highest BCUT2D eigenvalue weighted by Gasteiger charge is 2.31. The van der Waals surface area contributed by atoms with Gasteiger partial charge in [-0.15, -0.1) is 0 Å². The molecule has 0 spiro atoms. The molecule has 1 N–H and O–H groups in total. The summed E-state index contributed by atoms with van der Waals surface area (Å²) in [6.07, 6.45) is 2.55. The van der Waals surface area contributed by atoms with E-state index in [0.717, 1.165) is 19.3 Å². The van der Waals surface area contributed by atoms with Gasteiger partial charge in [-0.2, -0.15) is 0 Å². The van der Waals surface area contributed by atoms with Gasteiger partial charge in [0.25, 0.3) is 0 Å². The molecule has 0 radical (unpaired) electrons. The Hall–Kier alpha value is -0.160. The average Bonchev–Trinajstić information content (AvgIpc) is 2.74. The van der Waals surface area contributed by atoms with Crippen molar-refractivity contribution in [3.63, 3.8) is 0 Å².